The number of halogens is 1. The first-order chi connectivity index (χ1) is 10.1. The summed E-state index contributed by atoms with van der Waals surface area (Å²) in [5.74, 6) is 1.51. The molecule has 2 atom stereocenters. The van der Waals surface area contributed by atoms with E-state index in [1.807, 2.05) is 12.1 Å². The SMILES string of the molecule is COc1cc(N2C3CCCC2CC(N)C3)c(OC)cc1Cl. The third-order valence-corrected chi connectivity index (χ3v) is 5.04. The fourth-order valence-corrected chi connectivity index (χ4v) is 4.09. The number of nitrogens with two attached hydrogens (primary N) is 1. The Morgan fingerprint density at radius 2 is 1.71 bits per heavy atom. The lowest BCUT2D eigenvalue weighted by molar-refractivity contribution is 0.268. The summed E-state index contributed by atoms with van der Waals surface area (Å²) >= 11 is 6.22. The van der Waals surface area contributed by atoms with Gasteiger partial charge in [-0.25, -0.2) is 0 Å². The van der Waals surface area contributed by atoms with Gasteiger partial charge >= 0.3 is 0 Å². The predicted molar refractivity (Wildman–Crippen MR) is 85.7 cm³/mol. The van der Waals surface area contributed by atoms with Crippen molar-refractivity contribution < 1.29 is 9.47 Å². The van der Waals surface area contributed by atoms with Crippen LogP contribution < -0.4 is 20.1 Å². The molecule has 3 rings (SSSR count). The molecule has 5 heteroatoms. The fourth-order valence-electron chi connectivity index (χ4n) is 3.86. The predicted octanol–water partition coefficient (Wildman–Crippen LogP) is 3.21. The van der Waals surface area contributed by atoms with E-state index >= 15 is 0 Å². The third kappa shape index (κ3) is 2.67. The molecule has 0 amide bonds. The maximum Gasteiger partial charge on any atom is 0.143 e. The Bertz CT molecular complexity index is 509. The van der Waals surface area contributed by atoms with Gasteiger partial charge in [0.15, 0.2) is 0 Å². The highest BCUT2D eigenvalue weighted by atomic mass is 35.5. The Morgan fingerprint density at radius 1 is 1.10 bits per heavy atom. The summed E-state index contributed by atoms with van der Waals surface area (Å²) in [5, 5.41) is 0.581. The third-order valence-electron chi connectivity index (χ3n) is 4.74. The molecule has 21 heavy (non-hydrogen) atoms. The average molecular weight is 311 g/mol. The van der Waals surface area contributed by atoms with Crippen LogP contribution in [0, 0.1) is 0 Å². The molecule has 1 aromatic carbocycles. The van der Waals surface area contributed by atoms with Gasteiger partial charge in [-0.1, -0.05) is 11.6 Å². The summed E-state index contributed by atoms with van der Waals surface area (Å²) in [7, 11) is 3.33. The van der Waals surface area contributed by atoms with Gasteiger partial charge in [0.1, 0.15) is 11.5 Å². The van der Waals surface area contributed by atoms with Crippen LogP contribution in [0.3, 0.4) is 0 Å². The van der Waals surface area contributed by atoms with Crippen LogP contribution in [0.1, 0.15) is 32.1 Å². The van der Waals surface area contributed by atoms with E-state index in [9.17, 15) is 0 Å². The fraction of sp³-hybridized carbons (Fsp3) is 0.625. The number of ether oxygens (including phenoxy) is 2. The molecule has 2 N–H and O–H groups in total. The first kappa shape index (κ1) is 14.8. The zero-order valence-electron chi connectivity index (χ0n) is 12.6. The zero-order chi connectivity index (χ0) is 15.0. The summed E-state index contributed by atoms with van der Waals surface area (Å²) < 4.78 is 10.9. The van der Waals surface area contributed by atoms with Crippen molar-refractivity contribution in [3.05, 3.63) is 17.2 Å². The van der Waals surface area contributed by atoms with Crippen LogP contribution in [0.2, 0.25) is 5.02 Å². The Kier molecular flexibility index (Phi) is 4.18. The summed E-state index contributed by atoms with van der Waals surface area (Å²) in [4.78, 5) is 2.49. The number of anilines is 1. The van der Waals surface area contributed by atoms with Crippen molar-refractivity contribution >= 4 is 17.3 Å². The number of methoxy groups -OCH3 is 2. The van der Waals surface area contributed by atoms with Crippen LogP contribution in [0.15, 0.2) is 12.1 Å². The number of rotatable bonds is 3. The molecule has 0 aromatic heterocycles. The molecule has 0 aliphatic carbocycles. The number of nitrogens with zero attached hydrogens (tertiary/aromatic N) is 1. The molecule has 0 spiro atoms. The van der Waals surface area contributed by atoms with Gasteiger partial charge in [-0.2, -0.15) is 0 Å². The molecule has 2 aliphatic heterocycles. The maximum absolute atomic E-state index is 6.22. The molecule has 4 nitrogen and oxygen atoms in total. The normalized spacial score (nSPS) is 28.4. The van der Waals surface area contributed by atoms with Gasteiger partial charge in [0.05, 0.1) is 24.9 Å². The molecule has 1 aromatic rings. The average Bonchev–Trinajstić information content (AvgIpc) is 2.46. The second kappa shape index (κ2) is 5.93. The van der Waals surface area contributed by atoms with Crippen LogP contribution in [0.25, 0.3) is 0 Å². The number of benzene rings is 1. The van der Waals surface area contributed by atoms with Gasteiger partial charge in [-0.3, -0.25) is 0 Å². The Morgan fingerprint density at radius 3 is 2.29 bits per heavy atom. The lowest BCUT2D eigenvalue weighted by atomic mass is 9.81. The van der Waals surface area contributed by atoms with Crippen LogP contribution in [0.5, 0.6) is 11.5 Å². The quantitative estimate of drug-likeness (QED) is 0.931. The Balaban J connectivity index is 2.02. The van der Waals surface area contributed by atoms with Crippen molar-refractivity contribution in [3.63, 3.8) is 0 Å². The van der Waals surface area contributed by atoms with E-state index in [0.717, 1.165) is 24.3 Å². The molecule has 2 heterocycles. The summed E-state index contributed by atoms with van der Waals surface area (Å²) in [6, 6.07) is 5.15. The van der Waals surface area contributed by atoms with E-state index in [-0.39, 0.29) is 0 Å². The minimum atomic E-state index is 0.316. The summed E-state index contributed by atoms with van der Waals surface area (Å²) in [6.45, 7) is 0. The molecule has 2 saturated heterocycles. The maximum atomic E-state index is 6.22. The largest absolute Gasteiger partial charge is 0.495 e. The van der Waals surface area contributed by atoms with Crippen LogP contribution in [-0.4, -0.2) is 32.3 Å². The van der Waals surface area contributed by atoms with Crippen molar-refractivity contribution in [3.8, 4) is 11.5 Å². The number of hydrogen-bond acceptors (Lipinski definition) is 4. The van der Waals surface area contributed by atoms with Crippen molar-refractivity contribution in [2.75, 3.05) is 19.1 Å². The lowest BCUT2D eigenvalue weighted by Crippen LogP contribution is -2.55. The minimum absolute atomic E-state index is 0.316. The van der Waals surface area contributed by atoms with Gasteiger partial charge in [-0.15, -0.1) is 0 Å². The van der Waals surface area contributed by atoms with E-state index in [2.05, 4.69) is 4.90 Å². The van der Waals surface area contributed by atoms with Crippen molar-refractivity contribution in [1.82, 2.24) is 0 Å². The molecule has 2 unspecified atom stereocenters. The Hall–Kier alpha value is -1.13. The molecule has 2 fully saturated rings. The second-order valence-corrected chi connectivity index (χ2v) is 6.44. The molecule has 2 aliphatic rings. The van der Waals surface area contributed by atoms with E-state index in [1.165, 1.54) is 19.3 Å². The first-order valence-corrected chi connectivity index (χ1v) is 7.97. The Labute approximate surface area is 131 Å². The van der Waals surface area contributed by atoms with Gasteiger partial charge < -0.3 is 20.1 Å². The standard InChI is InChI=1S/C16H23ClN2O2/c1-20-15-9-14(16(21-2)8-13(15)17)19-11-4-3-5-12(19)7-10(18)6-11/h8-12H,3-7,18H2,1-2H3. The van der Waals surface area contributed by atoms with E-state index in [4.69, 9.17) is 26.8 Å². The van der Waals surface area contributed by atoms with E-state index < -0.39 is 0 Å². The summed E-state index contributed by atoms with van der Waals surface area (Å²) in [5.41, 5.74) is 7.30. The number of hydrogen-bond donors (Lipinski definition) is 1. The van der Waals surface area contributed by atoms with Crippen molar-refractivity contribution in [1.29, 1.82) is 0 Å². The van der Waals surface area contributed by atoms with Gasteiger partial charge in [0.25, 0.3) is 0 Å². The van der Waals surface area contributed by atoms with Gasteiger partial charge in [0, 0.05) is 30.3 Å². The van der Waals surface area contributed by atoms with Gasteiger partial charge in [-0.05, 0) is 32.1 Å². The van der Waals surface area contributed by atoms with Crippen LogP contribution in [-0.2, 0) is 0 Å². The van der Waals surface area contributed by atoms with E-state index in [1.54, 1.807) is 14.2 Å². The minimum Gasteiger partial charge on any atom is -0.495 e. The molecule has 2 bridgehead atoms. The zero-order valence-corrected chi connectivity index (χ0v) is 13.4. The molecular weight excluding hydrogens is 288 g/mol. The number of piperidine rings is 2. The van der Waals surface area contributed by atoms with Gasteiger partial charge in [0.2, 0.25) is 0 Å². The highest BCUT2D eigenvalue weighted by Gasteiger charge is 2.38. The van der Waals surface area contributed by atoms with Crippen LogP contribution in [0.4, 0.5) is 5.69 Å². The summed E-state index contributed by atoms with van der Waals surface area (Å²) in [6.07, 6.45) is 5.76. The second-order valence-electron chi connectivity index (χ2n) is 6.04. The smallest absolute Gasteiger partial charge is 0.143 e. The van der Waals surface area contributed by atoms with E-state index in [0.29, 0.717) is 28.9 Å². The highest BCUT2D eigenvalue weighted by Crippen LogP contribution is 2.44. The molecular formula is C16H23ClN2O2. The molecule has 0 radical (unpaired) electrons. The first-order valence-electron chi connectivity index (χ1n) is 7.59. The topological polar surface area (TPSA) is 47.7 Å². The highest BCUT2D eigenvalue weighted by molar-refractivity contribution is 6.32. The number of fused-ring (bicyclic) bond motifs is 2. The van der Waals surface area contributed by atoms with Crippen molar-refractivity contribution in [2.45, 2.75) is 50.2 Å². The van der Waals surface area contributed by atoms with Crippen molar-refractivity contribution in [2.24, 2.45) is 5.73 Å². The van der Waals surface area contributed by atoms with Crippen LogP contribution >= 0.6 is 11.6 Å². The molecule has 0 saturated carbocycles. The molecule has 116 valence electrons. The lowest BCUT2D eigenvalue weighted by Gasteiger charge is -2.50. The monoisotopic (exact) mass is 310 g/mol.